The standard InChI is InChI=1S/C7H15N3O6S/c8-17(14,15)4-2-10-7(13)9-1-3-16-5-6(11)12/h1-5H2,(H,11,12)(H2,8,14,15)(H2,9,10,13). The van der Waals surface area contributed by atoms with E-state index in [1.54, 1.807) is 0 Å². The van der Waals surface area contributed by atoms with Crippen molar-refractivity contribution >= 4 is 22.0 Å². The molecule has 0 aromatic carbocycles. The van der Waals surface area contributed by atoms with Gasteiger partial charge in [0.1, 0.15) is 6.61 Å². The summed E-state index contributed by atoms with van der Waals surface area (Å²) < 4.78 is 25.7. The van der Waals surface area contributed by atoms with Crippen molar-refractivity contribution in [3.63, 3.8) is 0 Å². The normalized spacial score (nSPS) is 10.9. The molecule has 0 atom stereocenters. The van der Waals surface area contributed by atoms with Gasteiger partial charge in [-0.2, -0.15) is 0 Å². The van der Waals surface area contributed by atoms with E-state index in [0.29, 0.717) is 0 Å². The van der Waals surface area contributed by atoms with E-state index in [4.69, 9.17) is 10.2 Å². The van der Waals surface area contributed by atoms with Gasteiger partial charge < -0.3 is 20.5 Å². The number of rotatable bonds is 8. The highest BCUT2D eigenvalue weighted by Crippen LogP contribution is 1.76. The Morgan fingerprint density at radius 1 is 1.24 bits per heavy atom. The van der Waals surface area contributed by atoms with Crippen LogP contribution in [0.25, 0.3) is 0 Å². The molecule has 0 aliphatic carbocycles. The molecule has 0 aliphatic heterocycles. The van der Waals surface area contributed by atoms with Crippen LogP contribution < -0.4 is 15.8 Å². The van der Waals surface area contributed by atoms with Gasteiger partial charge in [-0.05, 0) is 0 Å². The average Bonchev–Trinajstić information content (AvgIpc) is 2.14. The predicted octanol–water partition coefficient (Wildman–Crippen LogP) is -2.32. The Labute approximate surface area is 98.4 Å². The van der Waals surface area contributed by atoms with Crippen LogP contribution in [0.5, 0.6) is 0 Å². The lowest BCUT2D eigenvalue weighted by Gasteiger charge is -2.06. The van der Waals surface area contributed by atoms with Crippen molar-refractivity contribution in [3.8, 4) is 0 Å². The summed E-state index contributed by atoms with van der Waals surface area (Å²) in [6, 6.07) is -0.576. The number of carbonyl (C=O) groups is 2. The van der Waals surface area contributed by atoms with Crippen LogP contribution in [0.4, 0.5) is 4.79 Å². The Bertz CT molecular complexity index is 355. The molecule has 0 heterocycles. The molecule has 0 saturated carbocycles. The van der Waals surface area contributed by atoms with E-state index in [2.05, 4.69) is 15.4 Å². The number of hydrogen-bond acceptors (Lipinski definition) is 5. The molecule has 0 unspecified atom stereocenters. The average molecular weight is 269 g/mol. The zero-order valence-corrected chi connectivity index (χ0v) is 9.83. The summed E-state index contributed by atoms with van der Waals surface area (Å²) in [5.74, 6) is -1.45. The summed E-state index contributed by atoms with van der Waals surface area (Å²) in [7, 11) is -3.59. The van der Waals surface area contributed by atoms with E-state index in [1.165, 1.54) is 0 Å². The molecular weight excluding hydrogens is 254 g/mol. The van der Waals surface area contributed by atoms with Gasteiger partial charge in [0, 0.05) is 13.1 Å². The monoisotopic (exact) mass is 269 g/mol. The van der Waals surface area contributed by atoms with Crippen LogP contribution in [0, 0.1) is 0 Å². The summed E-state index contributed by atoms with van der Waals surface area (Å²) in [5, 5.41) is 17.5. The van der Waals surface area contributed by atoms with Gasteiger partial charge in [-0.3, -0.25) is 0 Å². The lowest BCUT2D eigenvalue weighted by Crippen LogP contribution is -2.40. The molecule has 100 valence electrons. The molecule has 0 aromatic rings. The van der Waals surface area contributed by atoms with Crippen molar-refractivity contribution in [2.45, 2.75) is 0 Å². The molecule has 0 fully saturated rings. The maximum absolute atomic E-state index is 11.0. The zero-order chi connectivity index (χ0) is 13.3. The van der Waals surface area contributed by atoms with Crippen molar-refractivity contribution < 1.29 is 27.9 Å². The second-order valence-corrected chi connectivity index (χ2v) is 4.73. The van der Waals surface area contributed by atoms with Crippen LogP contribution in [0.15, 0.2) is 0 Å². The van der Waals surface area contributed by atoms with Crippen LogP contribution in [0.3, 0.4) is 0 Å². The number of aliphatic carboxylic acids is 1. The molecule has 0 aromatic heterocycles. The van der Waals surface area contributed by atoms with Crippen molar-refractivity contribution in [2.75, 3.05) is 32.1 Å². The first-order valence-corrected chi connectivity index (χ1v) is 6.34. The number of nitrogens with two attached hydrogens (primary N) is 1. The number of carboxylic acids is 1. The minimum absolute atomic E-state index is 0.0505. The summed E-state index contributed by atoms with van der Waals surface area (Å²) in [5.41, 5.74) is 0. The number of carboxylic acid groups (broad SMARTS) is 1. The van der Waals surface area contributed by atoms with Gasteiger partial charge in [0.05, 0.1) is 12.4 Å². The Kier molecular flexibility index (Phi) is 7.18. The van der Waals surface area contributed by atoms with Crippen molar-refractivity contribution in [1.29, 1.82) is 0 Å². The SMILES string of the molecule is NS(=O)(=O)CCNC(=O)NCCOCC(=O)O. The lowest BCUT2D eigenvalue weighted by molar-refractivity contribution is -0.142. The number of urea groups is 1. The third-order valence-corrected chi connectivity index (χ3v) is 2.20. The molecule has 2 amide bonds. The molecule has 9 nitrogen and oxygen atoms in total. The highest BCUT2D eigenvalue weighted by atomic mass is 32.2. The summed E-state index contributed by atoms with van der Waals surface area (Å²) in [4.78, 5) is 21.0. The van der Waals surface area contributed by atoms with Crippen molar-refractivity contribution in [2.24, 2.45) is 5.14 Å². The fourth-order valence-electron chi connectivity index (χ4n) is 0.766. The number of primary sulfonamides is 1. The first kappa shape index (κ1) is 15.6. The molecular formula is C7H15N3O6S. The maximum Gasteiger partial charge on any atom is 0.329 e. The third kappa shape index (κ3) is 12.5. The smallest absolute Gasteiger partial charge is 0.329 e. The fourth-order valence-corrected chi connectivity index (χ4v) is 1.15. The van der Waals surface area contributed by atoms with Gasteiger partial charge in [0.2, 0.25) is 10.0 Å². The van der Waals surface area contributed by atoms with E-state index >= 15 is 0 Å². The summed E-state index contributed by atoms with van der Waals surface area (Å²) in [6.07, 6.45) is 0. The van der Waals surface area contributed by atoms with Gasteiger partial charge in [0.25, 0.3) is 0 Å². The third-order valence-electron chi connectivity index (χ3n) is 1.43. The molecule has 10 heteroatoms. The number of amides is 2. The first-order valence-electron chi connectivity index (χ1n) is 4.63. The number of ether oxygens (including phenoxy) is 1. The molecule has 0 spiro atoms. The van der Waals surface area contributed by atoms with Gasteiger partial charge in [-0.25, -0.2) is 23.1 Å². The highest BCUT2D eigenvalue weighted by Gasteiger charge is 2.04. The lowest BCUT2D eigenvalue weighted by atomic mass is 10.6. The Balaban J connectivity index is 3.44. The first-order chi connectivity index (χ1) is 7.81. The van der Waals surface area contributed by atoms with Crippen LogP contribution in [0.2, 0.25) is 0 Å². The number of sulfonamides is 1. The molecule has 0 saturated heterocycles. The zero-order valence-electron chi connectivity index (χ0n) is 9.01. The fraction of sp³-hybridized carbons (Fsp3) is 0.714. The molecule has 0 bridgehead atoms. The van der Waals surface area contributed by atoms with E-state index in [1.807, 2.05) is 0 Å². The van der Waals surface area contributed by atoms with Gasteiger partial charge in [-0.15, -0.1) is 0 Å². The quantitative estimate of drug-likeness (QED) is 0.363. The predicted molar refractivity (Wildman–Crippen MR) is 57.8 cm³/mol. The van der Waals surface area contributed by atoms with Crippen molar-refractivity contribution in [1.82, 2.24) is 10.6 Å². The number of nitrogens with one attached hydrogen (secondary N) is 2. The molecule has 5 N–H and O–H groups in total. The Morgan fingerprint density at radius 2 is 1.82 bits per heavy atom. The molecule has 0 aliphatic rings. The van der Waals surface area contributed by atoms with Gasteiger partial charge in [-0.1, -0.05) is 0 Å². The van der Waals surface area contributed by atoms with Crippen LogP contribution in [-0.4, -0.2) is 57.6 Å². The van der Waals surface area contributed by atoms with E-state index in [-0.39, 0.29) is 25.4 Å². The summed E-state index contributed by atoms with van der Waals surface area (Å²) >= 11 is 0. The van der Waals surface area contributed by atoms with Crippen LogP contribution in [-0.2, 0) is 19.6 Å². The highest BCUT2D eigenvalue weighted by molar-refractivity contribution is 7.89. The van der Waals surface area contributed by atoms with Gasteiger partial charge in [0.15, 0.2) is 0 Å². The number of carbonyl (C=O) groups excluding carboxylic acids is 1. The Hall–Kier alpha value is -1.39. The maximum atomic E-state index is 11.0. The number of hydrogen-bond donors (Lipinski definition) is 4. The van der Waals surface area contributed by atoms with E-state index in [0.717, 1.165) is 0 Å². The Morgan fingerprint density at radius 3 is 2.35 bits per heavy atom. The second kappa shape index (κ2) is 7.81. The molecule has 0 rings (SSSR count). The van der Waals surface area contributed by atoms with Crippen molar-refractivity contribution in [3.05, 3.63) is 0 Å². The topological polar surface area (TPSA) is 148 Å². The van der Waals surface area contributed by atoms with Crippen LogP contribution >= 0.6 is 0 Å². The van der Waals surface area contributed by atoms with Gasteiger partial charge >= 0.3 is 12.0 Å². The minimum Gasteiger partial charge on any atom is -0.480 e. The second-order valence-electron chi connectivity index (χ2n) is 3.00. The molecule has 17 heavy (non-hydrogen) atoms. The van der Waals surface area contributed by atoms with Crippen LogP contribution in [0.1, 0.15) is 0 Å². The minimum atomic E-state index is -3.59. The molecule has 0 radical (unpaired) electrons. The largest absolute Gasteiger partial charge is 0.480 e. The van der Waals surface area contributed by atoms with E-state index in [9.17, 15) is 18.0 Å². The summed E-state index contributed by atoms with van der Waals surface area (Å²) in [6.45, 7) is -0.362. The van der Waals surface area contributed by atoms with E-state index < -0.39 is 28.6 Å².